The Bertz CT molecular complexity index is 640. The summed E-state index contributed by atoms with van der Waals surface area (Å²) in [5, 5.41) is 0. The van der Waals surface area contributed by atoms with Crippen LogP contribution in [0.5, 0.6) is 5.75 Å². The van der Waals surface area contributed by atoms with E-state index in [9.17, 15) is 17.6 Å². The molecule has 0 saturated heterocycles. The molecule has 1 nitrogen and oxygen atoms in total. The highest BCUT2D eigenvalue weighted by atomic mass is 79.9. The van der Waals surface area contributed by atoms with Gasteiger partial charge in [0.05, 0.1) is 17.5 Å². The lowest BCUT2D eigenvalue weighted by Crippen LogP contribution is -2.11. The molecule has 1 unspecified atom stereocenters. The minimum absolute atomic E-state index is 0.00824. The van der Waals surface area contributed by atoms with Crippen molar-refractivity contribution >= 4 is 15.9 Å². The van der Waals surface area contributed by atoms with Crippen LogP contribution in [-0.2, 0) is 6.18 Å². The maximum atomic E-state index is 13.4. The summed E-state index contributed by atoms with van der Waals surface area (Å²) in [6, 6.07) is 8.90. The maximum absolute atomic E-state index is 13.4. The van der Waals surface area contributed by atoms with Crippen LogP contribution in [0.4, 0.5) is 17.6 Å². The average molecular weight is 363 g/mol. The van der Waals surface area contributed by atoms with Crippen LogP contribution in [0, 0.1) is 5.82 Å². The second-order valence-electron chi connectivity index (χ2n) is 4.33. The fourth-order valence-corrected chi connectivity index (χ4v) is 2.80. The molecular formula is C15H11BrF4O. The smallest absolute Gasteiger partial charge is 0.416 e. The van der Waals surface area contributed by atoms with Crippen molar-refractivity contribution in [3.63, 3.8) is 0 Å². The van der Waals surface area contributed by atoms with Gasteiger partial charge in [-0.3, -0.25) is 0 Å². The summed E-state index contributed by atoms with van der Waals surface area (Å²) >= 11 is 3.22. The van der Waals surface area contributed by atoms with Gasteiger partial charge in [0.25, 0.3) is 0 Å². The third-order valence-corrected chi connectivity index (χ3v) is 3.99. The number of methoxy groups -OCH3 is 1. The summed E-state index contributed by atoms with van der Waals surface area (Å²) in [6.07, 6.45) is -4.48. The number of rotatable bonds is 3. The van der Waals surface area contributed by atoms with Crippen molar-refractivity contribution in [3.8, 4) is 5.75 Å². The monoisotopic (exact) mass is 362 g/mol. The van der Waals surface area contributed by atoms with Gasteiger partial charge < -0.3 is 4.74 Å². The lowest BCUT2D eigenvalue weighted by atomic mass is 9.98. The summed E-state index contributed by atoms with van der Waals surface area (Å²) in [6.45, 7) is 0. The number of alkyl halides is 4. The van der Waals surface area contributed by atoms with Crippen LogP contribution < -0.4 is 4.74 Å². The zero-order valence-corrected chi connectivity index (χ0v) is 12.5. The molecule has 1 atom stereocenters. The van der Waals surface area contributed by atoms with Crippen molar-refractivity contribution in [2.24, 2.45) is 0 Å². The van der Waals surface area contributed by atoms with E-state index in [-0.39, 0.29) is 5.56 Å². The van der Waals surface area contributed by atoms with Crippen molar-refractivity contribution in [2.45, 2.75) is 11.0 Å². The number of hydrogen-bond acceptors (Lipinski definition) is 1. The van der Waals surface area contributed by atoms with Crippen molar-refractivity contribution < 1.29 is 22.3 Å². The maximum Gasteiger partial charge on any atom is 0.416 e. The standard InChI is InChI=1S/C15H11BrF4O/c1-21-13-7-6-9(17)8-11(13)14(16)10-4-2-3-5-12(10)15(18,19)20/h2-8,14H,1H3. The predicted octanol–water partition coefficient (Wildman–Crippen LogP) is 5.34. The van der Waals surface area contributed by atoms with Gasteiger partial charge in [-0.25, -0.2) is 4.39 Å². The molecule has 0 bridgehead atoms. The molecule has 0 saturated carbocycles. The lowest BCUT2D eigenvalue weighted by molar-refractivity contribution is -0.138. The highest BCUT2D eigenvalue weighted by molar-refractivity contribution is 9.09. The van der Waals surface area contributed by atoms with Gasteiger partial charge in [-0.15, -0.1) is 0 Å². The normalized spacial score (nSPS) is 13.0. The molecule has 2 rings (SSSR count). The minimum Gasteiger partial charge on any atom is -0.496 e. The van der Waals surface area contributed by atoms with E-state index in [1.807, 2.05) is 0 Å². The van der Waals surface area contributed by atoms with Gasteiger partial charge in [-0.1, -0.05) is 34.1 Å². The highest BCUT2D eigenvalue weighted by Gasteiger charge is 2.35. The van der Waals surface area contributed by atoms with E-state index in [2.05, 4.69) is 15.9 Å². The van der Waals surface area contributed by atoms with Gasteiger partial charge in [-0.05, 0) is 29.8 Å². The molecule has 0 aliphatic heterocycles. The third-order valence-electron chi connectivity index (χ3n) is 3.00. The van der Waals surface area contributed by atoms with E-state index in [4.69, 9.17) is 4.74 Å². The summed E-state index contributed by atoms with van der Waals surface area (Å²) in [7, 11) is 1.38. The molecule has 0 radical (unpaired) electrons. The highest BCUT2D eigenvalue weighted by Crippen LogP contribution is 2.42. The number of ether oxygens (including phenoxy) is 1. The lowest BCUT2D eigenvalue weighted by Gasteiger charge is -2.19. The van der Waals surface area contributed by atoms with E-state index < -0.39 is 22.4 Å². The van der Waals surface area contributed by atoms with Crippen LogP contribution in [0.25, 0.3) is 0 Å². The van der Waals surface area contributed by atoms with Gasteiger partial charge in [0, 0.05) is 5.56 Å². The molecule has 0 amide bonds. The van der Waals surface area contributed by atoms with E-state index in [1.54, 1.807) is 0 Å². The first-order valence-electron chi connectivity index (χ1n) is 5.98. The summed E-state index contributed by atoms with van der Waals surface area (Å²) in [4.78, 5) is -0.832. The Hall–Kier alpha value is -1.56. The van der Waals surface area contributed by atoms with E-state index in [1.165, 1.54) is 37.4 Å². The zero-order valence-electron chi connectivity index (χ0n) is 10.9. The van der Waals surface area contributed by atoms with E-state index in [0.29, 0.717) is 11.3 Å². The van der Waals surface area contributed by atoms with Gasteiger partial charge in [0.2, 0.25) is 0 Å². The first-order chi connectivity index (χ1) is 9.84. The van der Waals surface area contributed by atoms with Gasteiger partial charge in [0.15, 0.2) is 0 Å². The van der Waals surface area contributed by atoms with E-state index >= 15 is 0 Å². The quantitative estimate of drug-likeness (QED) is 0.529. The molecule has 0 fully saturated rings. The van der Waals surface area contributed by atoms with Crippen molar-refractivity contribution in [1.29, 1.82) is 0 Å². The summed E-state index contributed by atoms with van der Waals surface area (Å²) in [5.74, 6) is -0.227. The Labute approximate surface area is 127 Å². The first-order valence-corrected chi connectivity index (χ1v) is 6.89. The Balaban J connectivity index is 2.56. The second kappa shape index (κ2) is 6.05. The molecule has 21 heavy (non-hydrogen) atoms. The second-order valence-corrected chi connectivity index (χ2v) is 5.25. The molecule has 0 aliphatic carbocycles. The Morgan fingerprint density at radius 3 is 2.33 bits per heavy atom. The molecule has 2 aromatic rings. The fraction of sp³-hybridized carbons (Fsp3) is 0.200. The van der Waals surface area contributed by atoms with Crippen molar-refractivity contribution in [3.05, 3.63) is 65.0 Å². The number of benzene rings is 2. The third kappa shape index (κ3) is 3.37. The Kier molecular flexibility index (Phi) is 4.56. The topological polar surface area (TPSA) is 9.23 Å². The minimum atomic E-state index is -4.48. The Morgan fingerprint density at radius 1 is 1.05 bits per heavy atom. The molecule has 0 heterocycles. The van der Waals surface area contributed by atoms with Crippen molar-refractivity contribution in [1.82, 2.24) is 0 Å². The number of hydrogen-bond donors (Lipinski definition) is 0. The van der Waals surface area contributed by atoms with Crippen molar-refractivity contribution in [2.75, 3.05) is 7.11 Å². The Morgan fingerprint density at radius 2 is 1.71 bits per heavy atom. The van der Waals surface area contributed by atoms with Gasteiger partial charge in [-0.2, -0.15) is 13.2 Å². The fourth-order valence-electron chi connectivity index (χ4n) is 2.05. The summed E-state index contributed by atoms with van der Waals surface area (Å²) < 4.78 is 57.7. The number of halogens is 5. The first kappa shape index (κ1) is 15.8. The molecule has 0 N–H and O–H groups in total. The van der Waals surface area contributed by atoms with Gasteiger partial charge >= 0.3 is 6.18 Å². The molecular weight excluding hydrogens is 352 g/mol. The van der Waals surface area contributed by atoms with Crippen LogP contribution in [0.1, 0.15) is 21.5 Å². The van der Waals surface area contributed by atoms with Crippen LogP contribution in [0.3, 0.4) is 0 Å². The average Bonchev–Trinajstić information content (AvgIpc) is 2.45. The molecule has 0 aliphatic rings. The van der Waals surface area contributed by atoms with Crippen LogP contribution >= 0.6 is 15.9 Å². The predicted molar refractivity (Wildman–Crippen MR) is 75.2 cm³/mol. The molecule has 6 heteroatoms. The molecule has 0 spiro atoms. The van der Waals surface area contributed by atoms with Crippen LogP contribution in [-0.4, -0.2) is 7.11 Å². The van der Waals surface area contributed by atoms with Gasteiger partial charge in [0.1, 0.15) is 11.6 Å². The molecule has 2 aromatic carbocycles. The zero-order chi connectivity index (χ0) is 15.6. The SMILES string of the molecule is COc1ccc(F)cc1C(Br)c1ccccc1C(F)(F)F. The molecule has 112 valence electrons. The van der Waals surface area contributed by atoms with E-state index in [0.717, 1.165) is 12.1 Å². The van der Waals surface area contributed by atoms with Crippen LogP contribution in [0.15, 0.2) is 42.5 Å². The molecule has 0 aromatic heterocycles. The summed E-state index contributed by atoms with van der Waals surface area (Å²) in [5.41, 5.74) is -0.457. The largest absolute Gasteiger partial charge is 0.496 e. The van der Waals surface area contributed by atoms with Crippen LogP contribution in [0.2, 0.25) is 0 Å².